The SMILES string of the molecule is CCCCC/C=C/CCCCCCCCOC(=O)C1CCCCC1C(=O)O. The average molecular weight is 381 g/mol. The minimum atomic E-state index is -0.854. The Morgan fingerprint density at radius 3 is 2.04 bits per heavy atom. The third-order valence-electron chi connectivity index (χ3n) is 5.54. The lowest BCUT2D eigenvalue weighted by atomic mass is 9.79. The molecule has 1 aliphatic rings. The molecule has 0 saturated heterocycles. The second-order valence-electron chi connectivity index (χ2n) is 7.88. The van der Waals surface area contributed by atoms with Gasteiger partial charge in [-0.1, -0.05) is 70.4 Å². The molecule has 27 heavy (non-hydrogen) atoms. The first-order chi connectivity index (χ1) is 13.2. The molecule has 1 rings (SSSR count). The van der Waals surface area contributed by atoms with Crippen LogP contribution in [0.25, 0.3) is 0 Å². The largest absolute Gasteiger partial charge is 0.481 e. The van der Waals surface area contributed by atoms with Crippen molar-refractivity contribution in [2.24, 2.45) is 11.8 Å². The van der Waals surface area contributed by atoms with E-state index < -0.39 is 17.8 Å². The first-order valence-corrected chi connectivity index (χ1v) is 11.2. The highest BCUT2D eigenvalue weighted by molar-refractivity contribution is 5.81. The summed E-state index contributed by atoms with van der Waals surface area (Å²) >= 11 is 0. The van der Waals surface area contributed by atoms with Gasteiger partial charge in [0.25, 0.3) is 0 Å². The van der Waals surface area contributed by atoms with E-state index in [1.165, 1.54) is 57.8 Å². The molecule has 1 aliphatic carbocycles. The molecule has 1 fully saturated rings. The van der Waals surface area contributed by atoms with E-state index in [1.807, 2.05) is 0 Å². The summed E-state index contributed by atoms with van der Waals surface area (Å²) in [5.74, 6) is -2.14. The van der Waals surface area contributed by atoms with Crippen LogP contribution in [0.4, 0.5) is 0 Å². The summed E-state index contributed by atoms with van der Waals surface area (Å²) in [6.45, 7) is 2.67. The summed E-state index contributed by atoms with van der Waals surface area (Å²) in [4.78, 5) is 23.4. The molecule has 1 saturated carbocycles. The zero-order valence-corrected chi connectivity index (χ0v) is 17.3. The van der Waals surface area contributed by atoms with Crippen molar-refractivity contribution >= 4 is 11.9 Å². The van der Waals surface area contributed by atoms with Crippen LogP contribution < -0.4 is 0 Å². The zero-order chi connectivity index (χ0) is 19.7. The number of rotatable bonds is 15. The van der Waals surface area contributed by atoms with E-state index in [-0.39, 0.29) is 5.97 Å². The maximum Gasteiger partial charge on any atom is 0.309 e. The Labute approximate surface area is 165 Å². The Balaban J connectivity index is 1.95. The number of aliphatic carboxylic acids is 1. The van der Waals surface area contributed by atoms with Gasteiger partial charge >= 0.3 is 11.9 Å². The fourth-order valence-corrected chi connectivity index (χ4v) is 3.81. The molecular formula is C23H40O4. The molecule has 0 amide bonds. The molecule has 0 heterocycles. The van der Waals surface area contributed by atoms with Crippen LogP contribution in [0.15, 0.2) is 12.2 Å². The van der Waals surface area contributed by atoms with Crippen molar-refractivity contribution in [1.82, 2.24) is 0 Å². The molecule has 1 N–H and O–H groups in total. The lowest BCUT2D eigenvalue weighted by Gasteiger charge is -2.26. The Hall–Kier alpha value is -1.32. The Morgan fingerprint density at radius 2 is 1.41 bits per heavy atom. The topological polar surface area (TPSA) is 63.6 Å². The molecule has 0 aliphatic heterocycles. The number of hydrogen-bond donors (Lipinski definition) is 1. The highest BCUT2D eigenvalue weighted by atomic mass is 16.5. The summed E-state index contributed by atoms with van der Waals surface area (Å²) in [7, 11) is 0. The van der Waals surface area contributed by atoms with Crippen molar-refractivity contribution in [3.8, 4) is 0 Å². The quantitative estimate of drug-likeness (QED) is 0.206. The van der Waals surface area contributed by atoms with Gasteiger partial charge in [-0.3, -0.25) is 9.59 Å². The van der Waals surface area contributed by atoms with E-state index in [9.17, 15) is 14.7 Å². The number of carbonyl (C=O) groups is 2. The monoisotopic (exact) mass is 380 g/mol. The molecule has 4 nitrogen and oxygen atoms in total. The lowest BCUT2D eigenvalue weighted by Crippen LogP contribution is -2.33. The van der Waals surface area contributed by atoms with Crippen LogP contribution in [0.1, 0.15) is 103 Å². The maximum atomic E-state index is 12.1. The van der Waals surface area contributed by atoms with Crippen molar-refractivity contribution in [2.45, 2.75) is 103 Å². The third kappa shape index (κ3) is 11.2. The van der Waals surface area contributed by atoms with Crippen LogP contribution in [0.3, 0.4) is 0 Å². The predicted molar refractivity (Wildman–Crippen MR) is 110 cm³/mol. The van der Waals surface area contributed by atoms with Gasteiger partial charge in [-0.05, 0) is 44.9 Å². The molecule has 0 bridgehead atoms. The molecule has 2 unspecified atom stereocenters. The van der Waals surface area contributed by atoms with E-state index in [0.717, 1.165) is 25.7 Å². The van der Waals surface area contributed by atoms with E-state index in [0.29, 0.717) is 19.4 Å². The Morgan fingerprint density at radius 1 is 0.852 bits per heavy atom. The van der Waals surface area contributed by atoms with E-state index in [1.54, 1.807) is 0 Å². The highest BCUT2D eigenvalue weighted by Crippen LogP contribution is 2.31. The molecular weight excluding hydrogens is 340 g/mol. The standard InChI is InChI=1S/C23H40O4/c1-2-3-4-5-6-7-8-9-10-11-12-13-16-19-27-23(26)21-18-15-14-17-20(21)22(24)25/h6-7,20-21H,2-5,8-19H2,1H3,(H,24,25)/b7-6+. The van der Waals surface area contributed by atoms with E-state index in [4.69, 9.17) is 4.74 Å². The summed E-state index contributed by atoms with van der Waals surface area (Å²) in [5, 5.41) is 9.24. The Kier molecular flexibility index (Phi) is 13.8. The minimum Gasteiger partial charge on any atom is -0.481 e. The van der Waals surface area contributed by atoms with Crippen LogP contribution >= 0.6 is 0 Å². The van der Waals surface area contributed by atoms with Crippen LogP contribution in [-0.4, -0.2) is 23.7 Å². The van der Waals surface area contributed by atoms with Crippen molar-refractivity contribution < 1.29 is 19.4 Å². The molecule has 0 radical (unpaired) electrons. The van der Waals surface area contributed by atoms with Gasteiger partial charge in [0.15, 0.2) is 0 Å². The van der Waals surface area contributed by atoms with Gasteiger partial charge in [-0.2, -0.15) is 0 Å². The summed E-state index contributed by atoms with van der Waals surface area (Å²) in [5.41, 5.74) is 0. The van der Waals surface area contributed by atoms with Gasteiger partial charge in [0, 0.05) is 0 Å². The second kappa shape index (κ2) is 15.7. The van der Waals surface area contributed by atoms with Crippen LogP contribution in [-0.2, 0) is 14.3 Å². The van der Waals surface area contributed by atoms with Crippen LogP contribution in [0.2, 0.25) is 0 Å². The van der Waals surface area contributed by atoms with Gasteiger partial charge in [-0.25, -0.2) is 0 Å². The van der Waals surface area contributed by atoms with E-state index >= 15 is 0 Å². The fraction of sp³-hybridized carbons (Fsp3) is 0.826. The summed E-state index contributed by atoms with van der Waals surface area (Å²) in [6, 6.07) is 0. The molecule has 0 spiro atoms. The highest BCUT2D eigenvalue weighted by Gasteiger charge is 2.36. The first kappa shape index (κ1) is 23.7. The summed E-state index contributed by atoms with van der Waals surface area (Å²) in [6.07, 6.45) is 21.0. The van der Waals surface area contributed by atoms with Gasteiger partial charge in [-0.15, -0.1) is 0 Å². The molecule has 0 aromatic carbocycles. The number of carbonyl (C=O) groups excluding carboxylic acids is 1. The van der Waals surface area contributed by atoms with Gasteiger partial charge in [0.05, 0.1) is 18.4 Å². The van der Waals surface area contributed by atoms with Crippen molar-refractivity contribution in [3.05, 3.63) is 12.2 Å². The number of ether oxygens (including phenoxy) is 1. The van der Waals surface area contributed by atoms with Crippen molar-refractivity contribution in [2.75, 3.05) is 6.61 Å². The van der Waals surface area contributed by atoms with Crippen LogP contribution in [0, 0.1) is 11.8 Å². The predicted octanol–water partition coefficient (Wildman–Crippen LogP) is 6.29. The van der Waals surface area contributed by atoms with Crippen molar-refractivity contribution in [1.29, 1.82) is 0 Å². The Bertz CT molecular complexity index is 430. The number of carboxylic acid groups (broad SMARTS) is 1. The number of hydrogen-bond acceptors (Lipinski definition) is 3. The van der Waals surface area contributed by atoms with Gasteiger partial charge in [0.2, 0.25) is 0 Å². The van der Waals surface area contributed by atoms with Crippen LogP contribution in [0.5, 0.6) is 0 Å². The number of esters is 1. The third-order valence-corrected chi connectivity index (χ3v) is 5.54. The minimum absolute atomic E-state index is 0.298. The number of unbranched alkanes of at least 4 members (excludes halogenated alkanes) is 9. The number of carboxylic acids is 1. The second-order valence-corrected chi connectivity index (χ2v) is 7.88. The summed E-state index contributed by atoms with van der Waals surface area (Å²) < 4.78 is 5.35. The maximum absolute atomic E-state index is 12.1. The number of allylic oxidation sites excluding steroid dienone is 2. The molecule has 4 heteroatoms. The first-order valence-electron chi connectivity index (χ1n) is 11.2. The van der Waals surface area contributed by atoms with Gasteiger partial charge in [0.1, 0.15) is 0 Å². The molecule has 2 atom stereocenters. The zero-order valence-electron chi connectivity index (χ0n) is 17.3. The smallest absolute Gasteiger partial charge is 0.309 e. The normalized spacial score (nSPS) is 20.0. The fourth-order valence-electron chi connectivity index (χ4n) is 3.81. The lowest BCUT2D eigenvalue weighted by molar-refractivity contribution is -0.159. The average Bonchev–Trinajstić information content (AvgIpc) is 2.68. The molecule has 156 valence electrons. The van der Waals surface area contributed by atoms with E-state index in [2.05, 4.69) is 19.1 Å². The van der Waals surface area contributed by atoms with Crippen molar-refractivity contribution in [3.63, 3.8) is 0 Å². The molecule has 0 aromatic rings. The molecule has 0 aromatic heterocycles. The van der Waals surface area contributed by atoms with Gasteiger partial charge < -0.3 is 9.84 Å².